The Kier molecular flexibility index (Phi) is 3.55. The summed E-state index contributed by atoms with van der Waals surface area (Å²) in [5.41, 5.74) is 0. The highest BCUT2D eigenvalue weighted by Gasteiger charge is 2.04. The third-order valence-corrected chi connectivity index (χ3v) is 2.06. The highest BCUT2D eigenvalue weighted by Crippen LogP contribution is 2.07. The summed E-state index contributed by atoms with van der Waals surface area (Å²) in [6.07, 6.45) is 7.49. The normalized spacial score (nSPS) is 9.71. The van der Waals surface area contributed by atoms with E-state index in [1.165, 1.54) is 31.0 Å². The maximum Gasteiger partial charge on any atom is 0.327 e. The molecule has 86 valence electrons. The number of urea groups is 1. The van der Waals surface area contributed by atoms with Gasteiger partial charge < -0.3 is 0 Å². The van der Waals surface area contributed by atoms with Gasteiger partial charge in [0.15, 0.2) is 5.82 Å². The van der Waals surface area contributed by atoms with Gasteiger partial charge in [-0.25, -0.2) is 19.7 Å². The minimum atomic E-state index is -0.479. The van der Waals surface area contributed by atoms with Gasteiger partial charge in [0.1, 0.15) is 0 Å². The molecule has 7 nitrogen and oxygen atoms in total. The predicted molar refractivity (Wildman–Crippen MR) is 64.4 cm³/mol. The highest BCUT2D eigenvalue weighted by atomic mass is 79.9. The zero-order valence-electron chi connectivity index (χ0n) is 8.46. The zero-order chi connectivity index (χ0) is 12.1. The van der Waals surface area contributed by atoms with E-state index in [4.69, 9.17) is 0 Å². The molecule has 0 saturated carbocycles. The number of halogens is 1. The average molecular weight is 295 g/mol. The van der Waals surface area contributed by atoms with E-state index in [2.05, 4.69) is 46.5 Å². The summed E-state index contributed by atoms with van der Waals surface area (Å²) in [5, 5.41) is 4.95. The molecule has 0 spiro atoms. The molecule has 2 aromatic rings. The van der Waals surface area contributed by atoms with Crippen LogP contribution in [0.4, 0.5) is 16.6 Å². The summed E-state index contributed by atoms with van der Waals surface area (Å²) < 4.78 is 0.734. The Hall–Kier alpha value is -2.09. The summed E-state index contributed by atoms with van der Waals surface area (Å²) in [5.74, 6) is 0.553. The van der Waals surface area contributed by atoms with Gasteiger partial charge in [0, 0.05) is 24.8 Å². The molecule has 0 aliphatic heterocycles. The van der Waals surface area contributed by atoms with Crippen LogP contribution in [0.2, 0.25) is 0 Å². The number of carbonyl (C=O) groups is 1. The molecule has 17 heavy (non-hydrogen) atoms. The summed E-state index contributed by atoms with van der Waals surface area (Å²) in [6, 6.07) is -0.479. The molecule has 0 aromatic carbocycles. The molecular formula is C9H7BrN6O. The van der Waals surface area contributed by atoms with Crippen molar-refractivity contribution in [1.82, 2.24) is 19.9 Å². The molecule has 2 aromatic heterocycles. The second kappa shape index (κ2) is 5.30. The van der Waals surface area contributed by atoms with Crippen molar-refractivity contribution in [2.75, 3.05) is 10.6 Å². The topological polar surface area (TPSA) is 92.7 Å². The fraction of sp³-hybridized carbons (Fsp3) is 0. The SMILES string of the molecule is O=C(Nc1cnccn1)Nc1ncc(Br)cn1. The second-order valence-electron chi connectivity index (χ2n) is 2.89. The molecule has 2 N–H and O–H groups in total. The number of nitrogens with zero attached hydrogens (tertiary/aromatic N) is 4. The Bertz CT molecular complexity index is 503. The Balaban J connectivity index is 1.96. The molecule has 2 amide bonds. The molecule has 0 aliphatic carbocycles. The van der Waals surface area contributed by atoms with Gasteiger partial charge in [-0.2, -0.15) is 0 Å². The summed E-state index contributed by atoms with van der Waals surface area (Å²) in [6.45, 7) is 0. The lowest BCUT2D eigenvalue weighted by molar-refractivity contribution is 0.262. The van der Waals surface area contributed by atoms with Crippen molar-refractivity contribution in [3.63, 3.8) is 0 Å². The van der Waals surface area contributed by atoms with Gasteiger partial charge in [-0.15, -0.1) is 0 Å². The molecule has 0 bridgehead atoms. The van der Waals surface area contributed by atoms with Crippen molar-refractivity contribution in [3.05, 3.63) is 35.5 Å². The van der Waals surface area contributed by atoms with Crippen LogP contribution in [0.5, 0.6) is 0 Å². The van der Waals surface area contributed by atoms with Crippen LogP contribution >= 0.6 is 15.9 Å². The number of anilines is 2. The zero-order valence-corrected chi connectivity index (χ0v) is 10.0. The van der Waals surface area contributed by atoms with E-state index >= 15 is 0 Å². The molecule has 0 fully saturated rings. The van der Waals surface area contributed by atoms with Crippen molar-refractivity contribution >= 4 is 33.7 Å². The molecule has 0 aliphatic rings. The van der Waals surface area contributed by atoms with Crippen molar-refractivity contribution in [1.29, 1.82) is 0 Å². The number of carbonyl (C=O) groups excluding carboxylic acids is 1. The summed E-state index contributed by atoms with van der Waals surface area (Å²) in [4.78, 5) is 27.0. The van der Waals surface area contributed by atoms with Crippen LogP contribution in [0.1, 0.15) is 0 Å². The largest absolute Gasteiger partial charge is 0.327 e. The van der Waals surface area contributed by atoms with E-state index in [1.807, 2.05) is 0 Å². The van der Waals surface area contributed by atoms with E-state index < -0.39 is 6.03 Å². The van der Waals surface area contributed by atoms with Crippen molar-refractivity contribution < 1.29 is 4.79 Å². The molecule has 8 heteroatoms. The molecule has 2 heterocycles. The Morgan fingerprint density at radius 1 is 1.06 bits per heavy atom. The summed E-state index contributed by atoms with van der Waals surface area (Å²) in [7, 11) is 0. The molecule has 2 rings (SSSR count). The van der Waals surface area contributed by atoms with Crippen molar-refractivity contribution in [2.45, 2.75) is 0 Å². The second-order valence-corrected chi connectivity index (χ2v) is 3.81. The van der Waals surface area contributed by atoms with Crippen molar-refractivity contribution in [3.8, 4) is 0 Å². The van der Waals surface area contributed by atoms with Gasteiger partial charge in [0.2, 0.25) is 5.95 Å². The number of rotatable bonds is 2. The smallest absolute Gasteiger partial charge is 0.291 e. The fourth-order valence-electron chi connectivity index (χ4n) is 0.990. The molecule has 0 radical (unpaired) electrons. The molecule has 0 atom stereocenters. The number of nitrogens with one attached hydrogen (secondary N) is 2. The summed E-state index contributed by atoms with van der Waals surface area (Å²) >= 11 is 3.19. The predicted octanol–water partition coefficient (Wildman–Crippen LogP) is 1.67. The first-order valence-corrected chi connectivity index (χ1v) is 5.35. The monoisotopic (exact) mass is 294 g/mol. The number of hydrogen-bond donors (Lipinski definition) is 2. The van der Waals surface area contributed by atoms with Crippen molar-refractivity contribution in [2.24, 2.45) is 0 Å². The van der Waals surface area contributed by atoms with E-state index in [0.717, 1.165) is 4.47 Å². The molecular weight excluding hydrogens is 288 g/mol. The van der Waals surface area contributed by atoms with E-state index in [-0.39, 0.29) is 5.95 Å². The highest BCUT2D eigenvalue weighted by molar-refractivity contribution is 9.10. The standard InChI is InChI=1S/C9H7BrN6O/c10-6-3-13-8(14-4-6)16-9(17)15-7-5-11-1-2-12-7/h1-5H,(H2,12,13,14,15,16,17). The lowest BCUT2D eigenvalue weighted by atomic mass is 10.6. The van der Waals surface area contributed by atoms with E-state index in [1.54, 1.807) is 0 Å². The van der Waals surface area contributed by atoms with Gasteiger partial charge in [0.25, 0.3) is 0 Å². The van der Waals surface area contributed by atoms with Gasteiger partial charge in [-0.1, -0.05) is 0 Å². The first kappa shape index (κ1) is 11.4. The number of amides is 2. The van der Waals surface area contributed by atoms with Crippen LogP contribution in [0.15, 0.2) is 35.5 Å². The maximum atomic E-state index is 11.5. The van der Waals surface area contributed by atoms with Gasteiger partial charge in [-0.05, 0) is 15.9 Å². The van der Waals surface area contributed by atoms with Crippen LogP contribution in [-0.2, 0) is 0 Å². The molecule has 0 saturated heterocycles. The first-order chi connectivity index (χ1) is 8.24. The Morgan fingerprint density at radius 2 is 1.82 bits per heavy atom. The Labute approximate surface area is 105 Å². The van der Waals surface area contributed by atoms with Gasteiger partial charge in [-0.3, -0.25) is 15.6 Å². The van der Waals surface area contributed by atoms with Crippen LogP contribution in [-0.4, -0.2) is 26.0 Å². The average Bonchev–Trinajstić information content (AvgIpc) is 2.33. The third-order valence-electron chi connectivity index (χ3n) is 1.65. The lowest BCUT2D eigenvalue weighted by Crippen LogP contribution is -2.21. The van der Waals surface area contributed by atoms with Crippen LogP contribution in [0, 0.1) is 0 Å². The minimum absolute atomic E-state index is 0.203. The lowest BCUT2D eigenvalue weighted by Gasteiger charge is -2.04. The van der Waals surface area contributed by atoms with Crippen LogP contribution in [0.3, 0.4) is 0 Å². The van der Waals surface area contributed by atoms with Gasteiger partial charge in [0.05, 0.1) is 10.7 Å². The quantitative estimate of drug-likeness (QED) is 0.879. The van der Waals surface area contributed by atoms with Crippen LogP contribution < -0.4 is 10.6 Å². The van der Waals surface area contributed by atoms with E-state index in [0.29, 0.717) is 5.82 Å². The first-order valence-electron chi connectivity index (χ1n) is 4.55. The number of hydrogen-bond acceptors (Lipinski definition) is 5. The maximum absolute atomic E-state index is 11.5. The minimum Gasteiger partial charge on any atom is -0.291 e. The number of aromatic nitrogens is 4. The fourth-order valence-corrected chi connectivity index (χ4v) is 1.19. The van der Waals surface area contributed by atoms with Crippen LogP contribution in [0.25, 0.3) is 0 Å². The van der Waals surface area contributed by atoms with Gasteiger partial charge >= 0.3 is 6.03 Å². The third kappa shape index (κ3) is 3.45. The molecule has 0 unspecified atom stereocenters. The Morgan fingerprint density at radius 3 is 2.47 bits per heavy atom. The van der Waals surface area contributed by atoms with E-state index in [9.17, 15) is 4.79 Å².